The molecule has 1 aromatic heterocycles. The zero-order chi connectivity index (χ0) is 24.3. The molecule has 176 valence electrons. The second-order valence-electron chi connectivity index (χ2n) is 8.44. The lowest BCUT2D eigenvalue weighted by Crippen LogP contribution is -2.49. The van der Waals surface area contributed by atoms with Gasteiger partial charge in [0.05, 0.1) is 5.75 Å². The minimum atomic E-state index is -1.08. The number of carbonyl (C=O) groups is 3. The third-order valence-electron chi connectivity index (χ3n) is 5.73. The molecule has 10 heteroatoms. The first-order valence-electron chi connectivity index (χ1n) is 10.9. The van der Waals surface area contributed by atoms with Crippen molar-refractivity contribution in [2.45, 2.75) is 37.4 Å². The van der Waals surface area contributed by atoms with Crippen LogP contribution in [-0.2, 0) is 23.1 Å². The van der Waals surface area contributed by atoms with Crippen LogP contribution < -0.4 is 10.7 Å². The van der Waals surface area contributed by atoms with Crippen molar-refractivity contribution in [3.05, 3.63) is 65.7 Å². The number of hydrazine groups is 1. The Morgan fingerprint density at radius 3 is 2.50 bits per heavy atom. The van der Waals surface area contributed by atoms with Crippen LogP contribution in [0.15, 0.2) is 59.8 Å². The number of hydrogen-bond donors (Lipinski definition) is 2. The first kappa shape index (κ1) is 23.5. The number of aromatic nitrogens is 3. The normalized spacial score (nSPS) is 17.7. The van der Waals surface area contributed by atoms with Gasteiger partial charge in [-0.25, -0.2) is 4.79 Å². The molecule has 2 heterocycles. The minimum absolute atomic E-state index is 0.0301. The molecule has 0 radical (unpaired) electrons. The second-order valence-corrected chi connectivity index (χ2v) is 9.39. The van der Waals surface area contributed by atoms with Crippen molar-refractivity contribution in [3.63, 3.8) is 0 Å². The summed E-state index contributed by atoms with van der Waals surface area (Å²) in [6.07, 6.45) is 1.04. The van der Waals surface area contributed by atoms with Crippen LogP contribution in [0.1, 0.15) is 24.5 Å². The molecular formula is C24H26N6O3S. The standard InChI is InChI=1S/C24H26N6O3S/c1-16-9-11-18(12-10-16)20-26-27-23(29(20)3)34-15-19(31)28-30-21(32)24(2,25-22(30)33)14-13-17-7-5-4-6-8-17/h4-12H,13-15H2,1-3H3,(H,25,33)(H,28,31)/t24-/m1/s1. The average molecular weight is 479 g/mol. The van der Waals surface area contributed by atoms with Gasteiger partial charge in [-0.15, -0.1) is 10.2 Å². The summed E-state index contributed by atoms with van der Waals surface area (Å²) in [4.78, 5) is 37.8. The summed E-state index contributed by atoms with van der Waals surface area (Å²) in [7, 11) is 1.82. The summed E-state index contributed by atoms with van der Waals surface area (Å²) >= 11 is 1.17. The van der Waals surface area contributed by atoms with E-state index in [1.807, 2.05) is 68.6 Å². The van der Waals surface area contributed by atoms with Crippen molar-refractivity contribution in [1.29, 1.82) is 0 Å². The maximum absolute atomic E-state index is 12.9. The molecule has 3 aromatic rings. The number of nitrogens with zero attached hydrogens (tertiary/aromatic N) is 4. The number of thioether (sulfide) groups is 1. The third-order valence-corrected chi connectivity index (χ3v) is 6.75. The SMILES string of the molecule is Cc1ccc(-c2nnc(SCC(=O)NN3C(=O)N[C@](C)(CCc4ccccc4)C3=O)n2C)cc1. The summed E-state index contributed by atoms with van der Waals surface area (Å²) in [5, 5.41) is 12.4. The first-order valence-corrected chi connectivity index (χ1v) is 11.8. The fourth-order valence-electron chi connectivity index (χ4n) is 3.68. The molecule has 2 aromatic carbocycles. The van der Waals surface area contributed by atoms with E-state index in [0.717, 1.165) is 21.7 Å². The van der Waals surface area contributed by atoms with Crippen molar-refractivity contribution in [2.75, 3.05) is 5.75 Å². The number of rotatable bonds is 8. The van der Waals surface area contributed by atoms with Crippen molar-refractivity contribution in [1.82, 2.24) is 30.5 Å². The molecule has 34 heavy (non-hydrogen) atoms. The van der Waals surface area contributed by atoms with Crippen molar-refractivity contribution < 1.29 is 14.4 Å². The monoisotopic (exact) mass is 478 g/mol. The smallest absolute Gasteiger partial charge is 0.322 e. The van der Waals surface area contributed by atoms with Gasteiger partial charge in [0.15, 0.2) is 11.0 Å². The quantitative estimate of drug-likeness (QED) is 0.381. The predicted octanol–water partition coefficient (Wildman–Crippen LogP) is 2.86. The van der Waals surface area contributed by atoms with Crippen LogP contribution >= 0.6 is 11.8 Å². The largest absolute Gasteiger partial charge is 0.344 e. The summed E-state index contributed by atoms with van der Waals surface area (Å²) in [6, 6.07) is 17.0. The molecule has 0 unspecified atom stereocenters. The molecule has 1 saturated heterocycles. The number of aryl methyl sites for hydroxylation is 2. The number of amides is 4. The fraction of sp³-hybridized carbons (Fsp3) is 0.292. The van der Waals surface area contributed by atoms with Crippen LogP contribution in [0.25, 0.3) is 11.4 Å². The average Bonchev–Trinajstić information content (AvgIpc) is 3.29. The summed E-state index contributed by atoms with van der Waals surface area (Å²) in [6.45, 7) is 3.68. The Kier molecular flexibility index (Phi) is 6.69. The molecule has 1 atom stereocenters. The first-order chi connectivity index (χ1) is 16.3. The molecular weight excluding hydrogens is 452 g/mol. The van der Waals surface area contributed by atoms with Gasteiger partial charge >= 0.3 is 6.03 Å². The molecule has 9 nitrogen and oxygen atoms in total. The van der Waals surface area contributed by atoms with Crippen molar-refractivity contribution >= 4 is 29.6 Å². The van der Waals surface area contributed by atoms with Crippen LogP contribution in [0, 0.1) is 6.92 Å². The summed E-state index contributed by atoms with van der Waals surface area (Å²) < 4.78 is 1.80. The molecule has 0 bridgehead atoms. The zero-order valence-electron chi connectivity index (χ0n) is 19.2. The van der Waals surface area contributed by atoms with Crippen LogP contribution in [-0.4, -0.2) is 48.9 Å². The van der Waals surface area contributed by atoms with Gasteiger partial charge < -0.3 is 9.88 Å². The van der Waals surface area contributed by atoms with Gasteiger partial charge in [0.2, 0.25) is 5.91 Å². The van der Waals surface area contributed by atoms with E-state index in [0.29, 0.717) is 23.8 Å². The molecule has 4 amide bonds. The Bertz CT molecular complexity index is 1210. The topological polar surface area (TPSA) is 109 Å². The zero-order valence-corrected chi connectivity index (χ0v) is 20.1. The van der Waals surface area contributed by atoms with Crippen LogP contribution in [0.3, 0.4) is 0 Å². The van der Waals surface area contributed by atoms with E-state index in [1.54, 1.807) is 11.5 Å². The lowest BCUT2D eigenvalue weighted by molar-refractivity contribution is -0.138. The van der Waals surface area contributed by atoms with Crippen LogP contribution in [0.2, 0.25) is 0 Å². The third kappa shape index (κ3) is 4.96. The molecule has 1 fully saturated rings. The van der Waals surface area contributed by atoms with E-state index in [2.05, 4.69) is 20.9 Å². The van der Waals surface area contributed by atoms with Crippen molar-refractivity contribution in [3.8, 4) is 11.4 Å². The highest BCUT2D eigenvalue weighted by atomic mass is 32.2. The highest BCUT2D eigenvalue weighted by Gasteiger charge is 2.48. The van der Waals surface area contributed by atoms with Gasteiger partial charge in [0.25, 0.3) is 5.91 Å². The van der Waals surface area contributed by atoms with Gasteiger partial charge in [-0.05, 0) is 32.3 Å². The van der Waals surface area contributed by atoms with E-state index in [4.69, 9.17) is 0 Å². The molecule has 0 aliphatic carbocycles. The summed E-state index contributed by atoms with van der Waals surface area (Å²) in [5.74, 6) is -0.309. The van der Waals surface area contributed by atoms with Gasteiger partial charge in [-0.2, -0.15) is 5.01 Å². The van der Waals surface area contributed by atoms with E-state index in [1.165, 1.54) is 11.8 Å². The molecule has 1 aliphatic heterocycles. The Labute approximate surface area is 201 Å². The Hall–Kier alpha value is -3.66. The number of nitrogens with one attached hydrogen (secondary N) is 2. The molecule has 4 rings (SSSR count). The van der Waals surface area contributed by atoms with Gasteiger partial charge in [0, 0.05) is 12.6 Å². The van der Waals surface area contributed by atoms with Crippen LogP contribution in [0.4, 0.5) is 4.79 Å². The van der Waals surface area contributed by atoms with Gasteiger partial charge in [-0.1, -0.05) is 71.9 Å². The number of carbonyl (C=O) groups excluding carboxylic acids is 3. The molecule has 1 aliphatic rings. The minimum Gasteiger partial charge on any atom is -0.322 e. The van der Waals surface area contributed by atoms with Crippen LogP contribution in [0.5, 0.6) is 0 Å². The highest BCUT2D eigenvalue weighted by molar-refractivity contribution is 7.99. The lowest BCUT2D eigenvalue weighted by Gasteiger charge is -2.21. The molecule has 0 saturated carbocycles. The van der Waals surface area contributed by atoms with E-state index in [-0.39, 0.29) is 5.75 Å². The second kappa shape index (κ2) is 9.68. The number of imide groups is 1. The molecule has 0 spiro atoms. The summed E-state index contributed by atoms with van der Waals surface area (Å²) in [5.41, 5.74) is 4.47. The predicted molar refractivity (Wildman–Crippen MR) is 129 cm³/mol. The lowest BCUT2D eigenvalue weighted by atomic mass is 9.93. The fourth-order valence-corrected chi connectivity index (χ4v) is 4.38. The van der Waals surface area contributed by atoms with E-state index in [9.17, 15) is 14.4 Å². The number of benzene rings is 2. The van der Waals surface area contributed by atoms with Gasteiger partial charge in [0.1, 0.15) is 5.54 Å². The Balaban J connectivity index is 1.34. The highest BCUT2D eigenvalue weighted by Crippen LogP contribution is 2.24. The van der Waals surface area contributed by atoms with Gasteiger partial charge in [-0.3, -0.25) is 15.0 Å². The maximum atomic E-state index is 12.9. The molecule has 2 N–H and O–H groups in total. The van der Waals surface area contributed by atoms with Crippen molar-refractivity contribution in [2.24, 2.45) is 7.05 Å². The maximum Gasteiger partial charge on any atom is 0.344 e. The Morgan fingerprint density at radius 2 is 1.79 bits per heavy atom. The number of urea groups is 1. The number of hydrogen-bond acceptors (Lipinski definition) is 6. The van der Waals surface area contributed by atoms with E-state index >= 15 is 0 Å². The Morgan fingerprint density at radius 1 is 1.09 bits per heavy atom. The van der Waals surface area contributed by atoms with E-state index < -0.39 is 23.4 Å².